The SMILES string of the molecule is CCOC(=O)c1csc(C(C)(C)OCC)n1. The van der Waals surface area contributed by atoms with Crippen molar-refractivity contribution in [1.29, 1.82) is 0 Å². The molecule has 0 saturated carbocycles. The average molecular weight is 243 g/mol. The molecule has 1 rings (SSSR count). The summed E-state index contributed by atoms with van der Waals surface area (Å²) in [5.74, 6) is -0.378. The van der Waals surface area contributed by atoms with E-state index in [-0.39, 0.29) is 5.97 Å². The Morgan fingerprint density at radius 1 is 1.44 bits per heavy atom. The summed E-state index contributed by atoms with van der Waals surface area (Å²) in [6, 6.07) is 0. The molecule has 0 bridgehead atoms. The third-order valence-corrected chi connectivity index (χ3v) is 3.16. The molecule has 16 heavy (non-hydrogen) atoms. The topological polar surface area (TPSA) is 48.4 Å². The van der Waals surface area contributed by atoms with E-state index in [0.29, 0.717) is 18.9 Å². The van der Waals surface area contributed by atoms with Crippen LogP contribution in [0.4, 0.5) is 0 Å². The summed E-state index contributed by atoms with van der Waals surface area (Å²) in [7, 11) is 0. The molecule has 0 unspecified atom stereocenters. The molecule has 0 radical (unpaired) electrons. The van der Waals surface area contributed by atoms with Gasteiger partial charge in [-0.2, -0.15) is 0 Å². The maximum Gasteiger partial charge on any atom is 0.357 e. The number of thiazole rings is 1. The molecule has 0 aromatic carbocycles. The second-order valence-corrected chi connectivity index (χ2v) is 4.56. The minimum Gasteiger partial charge on any atom is -0.461 e. The number of hydrogen-bond acceptors (Lipinski definition) is 5. The predicted octanol–water partition coefficient (Wildman–Crippen LogP) is 2.59. The van der Waals surface area contributed by atoms with Gasteiger partial charge in [-0.1, -0.05) is 0 Å². The van der Waals surface area contributed by atoms with E-state index < -0.39 is 5.60 Å². The summed E-state index contributed by atoms with van der Waals surface area (Å²) < 4.78 is 10.4. The third kappa shape index (κ3) is 3.02. The van der Waals surface area contributed by atoms with Crippen LogP contribution in [0.5, 0.6) is 0 Å². The lowest BCUT2D eigenvalue weighted by atomic mass is 10.1. The highest BCUT2D eigenvalue weighted by molar-refractivity contribution is 7.10. The second kappa shape index (κ2) is 5.41. The van der Waals surface area contributed by atoms with E-state index in [1.807, 2.05) is 20.8 Å². The minimum absolute atomic E-state index is 0.356. The molecule has 0 aliphatic heterocycles. The number of aromatic nitrogens is 1. The van der Waals surface area contributed by atoms with Crippen molar-refractivity contribution in [2.24, 2.45) is 0 Å². The maximum atomic E-state index is 11.4. The highest BCUT2D eigenvalue weighted by Crippen LogP contribution is 2.27. The van der Waals surface area contributed by atoms with E-state index in [1.165, 1.54) is 11.3 Å². The molecule has 4 nitrogen and oxygen atoms in total. The van der Waals surface area contributed by atoms with Crippen LogP contribution in [0.1, 0.15) is 43.2 Å². The summed E-state index contributed by atoms with van der Waals surface area (Å²) in [4.78, 5) is 15.7. The lowest BCUT2D eigenvalue weighted by Gasteiger charge is -2.21. The quantitative estimate of drug-likeness (QED) is 0.746. The van der Waals surface area contributed by atoms with Crippen LogP contribution < -0.4 is 0 Å². The molecule has 0 saturated heterocycles. The number of carbonyl (C=O) groups is 1. The maximum absolute atomic E-state index is 11.4. The molecule has 0 amide bonds. The van der Waals surface area contributed by atoms with Crippen molar-refractivity contribution in [3.63, 3.8) is 0 Å². The Labute approximate surface area is 99.6 Å². The molecular weight excluding hydrogens is 226 g/mol. The van der Waals surface area contributed by atoms with Crippen LogP contribution in [0.25, 0.3) is 0 Å². The molecule has 0 fully saturated rings. The third-order valence-electron chi connectivity index (χ3n) is 2.01. The van der Waals surface area contributed by atoms with Crippen LogP contribution in [-0.4, -0.2) is 24.2 Å². The number of esters is 1. The minimum atomic E-state index is -0.454. The van der Waals surface area contributed by atoms with Gasteiger partial charge < -0.3 is 9.47 Å². The summed E-state index contributed by atoms with van der Waals surface area (Å²) >= 11 is 1.41. The van der Waals surface area contributed by atoms with Crippen LogP contribution >= 0.6 is 11.3 Å². The Balaban J connectivity index is 2.82. The van der Waals surface area contributed by atoms with E-state index >= 15 is 0 Å². The van der Waals surface area contributed by atoms with Gasteiger partial charge in [0.25, 0.3) is 0 Å². The smallest absolute Gasteiger partial charge is 0.357 e. The summed E-state index contributed by atoms with van der Waals surface area (Å²) in [5.41, 5.74) is -0.0981. The molecule has 90 valence electrons. The van der Waals surface area contributed by atoms with Gasteiger partial charge >= 0.3 is 5.97 Å². The zero-order valence-electron chi connectivity index (χ0n) is 10.1. The fourth-order valence-corrected chi connectivity index (χ4v) is 2.14. The second-order valence-electron chi connectivity index (χ2n) is 3.70. The summed E-state index contributed by atoms with van der Waals surface area (Å²) in [5, 5.41) is 2.49. The summed E-state index contributed by atoms with van der Waals surface area (Å²) in [6.07, 6.45) is 0. The zero-order valence-corrected chi connectivity index (χ0v) is 10.9. The first-order valence-electron chi connectivity index (χ1n) is 5.28. The van der Waals surface area contributed by atoms with Crippen LogP contribution in [0.15, 0.2) is 5.38 Å². The van der Waals surface area contributed by atoms with Crippen molar-refractivity contribution in [2.45, 2.75) is 33.3 Å². The van der Waals surface area contributed by atoms with E-state index in [4.69, 9.17) is 9.47 Å². The number of ether oxygens (including phenoxy) is 2. The molecule has 1 heterocycles. The molecule has 0 spiro atoms. The Morgan fingerprint density at radius 2 is 2.12 bits per heavy atom. The van der Waals surface area contributed by atoms with Crippen molar-refractivity contribution in [1.82, 2.24) is 4.98 Å². The fraction of sp³-hybridized carbons (Fsp3) is 0.636. The van der Waals surface area contributed by atoms with Gasteiger partial charge in [0.2, 0.25) is 0 Å². The predicted molar refractivity (Wildman–Crippen MR) is 62.7 cm³/mol. The monoisotopic (exact) mass is 243 g/mol. The number of rotatable bonds is 5. The Morgan fingerprint density at radius 3 is 2.69 bits per heavy atom. The zero-order chi connectivity index (χ0) is 12.2. The van der Waals surface area contributed by atoms with Crippen molar-refractivity contribution < 1.29 is 14.3 Å². The highest BCUT2D eigenvalue weighted by Gasteiger charge is 2.26. The van der Waals surface area contributed by atoms with Gasteiger partial charge in [-0.25, -0.2) is 9.78 Å². The van der Waals surface area contributed by atoms with E-state index in [1.54, 1.807) is 12.3 Å². The number of carbonyl (C=O) groups excluding carboxylic acids is 1. The van der Waals surface area contributed by atoms with Crippen LogP contribution in [0.2, 0.25) is 0 Å². The molecule has 0 N–H and O–H groups in total. The van der Waals surface area contributed by atoms with Gasteiger partial charge in [-0.15, -0.1) is 11.3 Å². The average Bonchev–Trinajstić information content (AvgIpc) is 2.67. The fourth-order valence-electron chi connectivity index (χ4n) is 1.27. The van der Waals surface area contributed by atoms with E-state index in [0.717, 1.165) is 5.01 Å². The first-order chi connectivity index (χ1) is 7.51. The van der Waals surface area contributed by atoms with E-state index in [9.17, 15) is 4.79 Å². The van der Waals surface area contributed by atoms with E-state index in [2.05, 4.69) is 4.98 Å². The van der Waals surface area contributed by atoms with Crippen LogP contribution in [-0.2, 0) is 15.1 Å². The molecule has 1 aromatic rings. The number of nitrogens with zero attached hydrogens (tertiary/aromatic N) is 1. The van der Waals surface area contributed by atoms with Crippen molar-refractivity contribution in [3.05, 3.63) is 16.1 Å². The Bertz CT molecular complexity index is 360. The van der Waals surface area contributed by atoms with Crippen molar-refractivity contribution in [3.8, 4) is 0 Å². The van der Waals surface area contributed by atoms with Crippen molar-refractivity contribution in [2.75, 3.05) is 13.2 Å². The highest BCUT2D eigenvalue weighted by atomic mass is 32.1. The molecular formula is C11H17NO3S. The van der Waals surface area contributed by atoms with Gasteiger partial charge in [0.15, 0.2) is 5.69 Å². The normalized spacial score (nSPS) is 11.5. The first-order valence-corrected chi connectivity index (χ1v) is 6.16. The first kappa shape index (κ1) is 13.1. The van der Waals surface area contributed by atoms with Gasteiger partial charge in [0.05, 0.1) is 6.61 Å². The van der Waals surface area contributed by atoms with Gasteiger partial charge in [0.1, 0.15) is 10.6 Å². The van der Waals surface area contributed by atoms with Crippen LogP contribution in [0, 0.1) is 0 Å². The molecule has 0 aliphatic carbocycles. The lowest BCUT2D eigenvalue weighted by molar-refractivity contribution is -0.0142. The standard InChI is InChI=1S/C11H17NO3S/c1-5-14-9(13)8-7-16-10(12-8)11(3,4)15-6-2/h7H,5-6H2,1-4H3. The number of hydrogen-bond donors (Lipinski definition) is 0. The van der Waals surface area contributed by atoms with Crippen molar-refractivity contribution >= 4 is 17.3 Å². The molecule has 0 aliphatic rings. The molecule has 1 aromatic heterocycles. The molecule has 5 heteroatoms. The van der Waals surface area contributed by atoms with Crippen LogP contribution in [0.3, 0.4) is 0 Å². The largest absolute Gasteiger partial charge is 0.461 e. The lowest BCUT2D eigenvalue weighted by Crippen LogP contribution is -2.21. The Hall–Kier alpha value is -0.940. The van der Waals surface area contributed by atoms with Gasteiger partial charge in [-0.3, -0.25) is 0 Å². The Kier molecular flexibility index (Phi) is 4.44. The summed E-state index contributed by atoms with van der Waals surface area (Å²) in [6.45, 7) is 8.55. The van der Waals surface area contributed by atoms with Gasteiger partial charge in [-0.05, 0) is 27.7 Å². The molecule has 0 atom stereocenters. The van der Waals surface area contributed by atoms with Gasteiger partial charge in [0, 0.05) is 12.0 Å².